The first-order valence-corrected chi connectivity index (χ1v) is 15.8. The van der Waals surface area contributed by atoms with Crippen LogP contribution in [-0.2, 0) is 19.1 Å². The number of nitrogens with one attached hydrogen (secondary N) is 1. The van der Waals surface area contributed by atoms with Gasteiger partial charge < -0.3 is 10.2 Å². The van der Waals surface area contributed by atoms with E-state index in [1.807, 2.05) is 4.90 Å². The van der Waals surface area contributed by atoms with Crippen molar-refractivity contribution in [2.75, 3.05) is 30.7 Å². The monoisotopic (exact) mass is 585 g/mol. The molecule has 2 aliphatic carbocycles. The average molecular weight is 586 g/mol. The summed E-state index contributed by atoms with van der Waals surface area (Å²) in [5.41, 5.74) is 3.59. The fourth-order valence-electron chi connectivity index (χ4n) is 5.72. The molecule has 1 N–H and O–H groups in total. The predicted octanol–water partition coefficient (Wildman–Crippen LogP) is 6.93. The van der Waals surface area contributed by atoms with Gasteiger partial charge in [-0.05, 0) is 73.4 Å². The third-order valence-electron chi connectivity index (χ3n) is 8.23. The molecule has 0 atom stereocenters. The summed E-state index contributed by atoms with van der Waals surface area (Å²) in [5.74, 6) is 1.23. The number of thiophene rings is 1. The van der Waals surface area contributed by atoms with Gasteiger partial charge in [-0.25, -0.2) is 9.97 Å². The predicted molar refractivity (Wildman–Crippen MR) is 151 cm³/mol. The van der Waals surface area contributed by atoms with E-state index in [1.165, 1.54) is 28.5 Å². The number of carbonyl (C=O) groups excluding carboxylic acids is 1. The van der Waals surface area contributed by atoms with Crippen molar-refractivity contribution in [2.24, 2.45) is 0 Å². The number of nitrogens with zero attached hydrogens (tertiary/aromatic N) is 4. The number of thioether (sulfide) groups is 1. The van der Waals surface area contributed by atoms with Gasteiger partial charge in [0.2, 0.25) is 5.95 Å². The summed E-state index contributed by atoms with van der Waals surface area (Å²) in [6.45, 7) is 5.76. The SMILES string of the molecule is CCN1CCc2cc(Nc3ncc(C(F)(F)F)c(-c4cc5c(s4)C(=O)N(C4CC4)CCS5)n3)c(C3CC3)cc2C1. The lowest BCUT2D eigenvalue weighted by molar-refractivity contribution is -0.137. The number of fused-ring (bicyclic) bond motifs is 2. The lowest BCUT2D eigenvalue weighted by Crippen LogP contribution is -2.33. The van der Waals surface area contributed by atoms with E-state index in [9.17, 15) is 18.0 Å². The zero-order chi connectivity index (χ0) is 27.6. The average Bonchev–Trinajstić information content (AvgIpc) is 3.87. The molecule has 7 rings (SSSR count). The van der Waals surface area contributed by atoms with Crippen LogP contribution in [0, 0.1) is 0 Å². The highest BCUT2D eigenvalue weighted by atomic mass is 32.2. The number of anilines is 2. The molecular weight excluding hydrogens is 555 g/mol. The maximum absolute atomic E-state index is 14.1. The molecule has 2 fully saturated rings. The van der Waals surface area contributed by atoms with Gasteiger partial charge in [-0.2, -0.15) is 13.2 Å². The van der Waals surface area contributed by atoms with E-state index in [0.717, 1.165) is 85.6 Å². The van der Waals surface area contributed by atoms with Gasteiger partial charge in [0.25, 0.3) is 5.91 Å². The van der Waals surface area contributed by atoms with E-state index < -0.39 is 11.7 Å². The number of halogens is 3. The van der Waals surface area contributed by atoms with Gasteiger partial charge in [-0.3, -0.25) is 9.69 Å². The van der Waals surface area contributed by atoms with E-state index in [-0.39, 0.29) is 23.6 Å². The van der Waals surface area contributed by atoms with Crippen LogP contribution in [0.2, 0.25) is 0 Å². The quantitative estimate of drug-likeness (QED) is 0.339. The first-order valence-electron chi connectivity index (χ1n) is 14.0. The second kappa shape index (κ2) is 10.0. The molecule has 0 spiro atoms. The van der Waals surface area contributed by atoms with Crippen LogP contribution >= 0.6 is 23.1 Å². The van der Waals surface area contributed by atoms with Gasteiger partial charge in [-0.15, -0.1) is 23.1 Å². The first kappa shape index (κ1) is 26.3. The topological polar surface area (TPSA) is 61.4 Å². The van der Waals surface area contributed by atoms with E-state index in [4.69, 9.17) is 0 Å². The number of aromatic nitrogens is 2. The van der Waals surface area contributed by atoms with Crippen LogP contribution in [0.15, 0.2) is 29.3 Å². The molecule has 2 aromatic heterocycles. The highest BCUT2D eigenvalue weighted by molar-refractivity contribution is 7.99. The van der Waals surface area contributed by atoms with Crippen LogP contribution in [0.25, 0.3) is 10.6 Å². The minimum absolute atomic E-state index is 0.0792. The third-order valence-corrected chi connectivity index (χ3v) is 10.5. The number of benzene rings is 1. The Morgan fingerprint density at radius 3 is 2.65 bits per heavy atom. The fourth-order valence-corrected chi connectivity index (χ4v) is 8.04. The van der Waals surface area contributed by atoms with Crippen LogP contribution in [0.4, 0.5) is 24.8 Å². The maximum Gasteiger partial charge on any atom is 0.420 e. The number of carbonyl (C=O) groups is 1. The molecule has 40 heavy (non-hydrogen) atoms. The Morgan fingerprint density at radius 2 is 1.93 bits per heavy atom. The van der Waals surface area contributed by atoms with E-state index in [2.05, 4.69) is 39.2 Å². The third kappa shape index (κ3) is 5.00. The Labute approximate surface area is 239 Å². The Bertz CT molecular complexity index is 1480. The van der Waals surface area contributed by atoms with Gasteiger partial charge >= 0.3 is 6.18 Å². The summed E-state index contributed by atoms with van der Waals surface area (Å²) < 4.78 is 42.4. The summed E-state index contributed by atoms with van der Waals surface area (Å²) >= 11 is 2.64. The number of hydrogen-bond acceptors (Lipinski definition) is 7. The molecule has 0 radical (unpaired) electrons. The van der Waals surface area contributed by atoms with Gasteiger partial charge in [0.05, 0.1) is 10.6 Å². The zero-order valence-electron chi connectivity index (χ0n) is 22.2. The second-order valence-corrected chi connectivity index (χ2v) is 13.3. The van der Waals surface area contributed by atoms with Crippen molar-refractivity contribution in [3.63, 3.8) is 0 Å². The Hall–Kier alpha value is -2.63. The molecule has 1 amide bonds. The van der Waals surface area contributed by atoms with E-state index in [0.29, 0.717) is 22.2 Å². The van der Waals surface area contributed by atoms with Gasteiger partial charge in [0, 0.05) is 48.2 Å². The minimum Gasteiger partial charge on any atom is -0.334 e. The highest BCUT2D eigenvalue weighted by Gasteiger charge is 2.39. The van der Waals surface area contributed by atoms with Crippen molar-refractivity contribution in [2.45, 2.75) is 68.6 Å². The second-order valence-electron chi connectivity index (χ2n) is 11.1. The van der Waals surface area contributed by atoms with Crippen LogP contribution in [0.5, 0.6) is 0 Å². The molecule has 2 aliphatic heterocycles. The van der Waals surface area contributed by atoms with Crippen molar-refractivity contribution in [3.8, 4) is 10.6 Å². The van der Waals surface area contributed by atoms with Crippen molar-refractivity contribution < 1.29 is 18.0 Å². The molecule has 0 unspecified atom stereocenters. The largest absolute Gasteiger partial charge is 0.420 e. The Balaban J connectivity index is 1.25. The normalized spacial score (nSPS) is 19.8. The van der Waals surface area contributed by atoms with Crippen molar-refractivity contribution >= 4 is 40.6 Å². The molecule has 0 saturated heterocycles. The summed E-state index contributed by atoms with van der Waals surface area (Å²) in [5, 5.41) is 3.29. The van der Waals surface area contributed by atoms with Gasteiger partial charge in [0.15, 0.2) is 0 Å². The zero-order valence-corrected chi connectivity index (χ0v) is 23.8. The van der Waals surface area contributed by atoms with Crippen LogP contribution < -0.4 is 5.32 Å². The van der Waals surface area contributed by atoms with E-state index >= 15 is 0 Å². The van der Waals surface area contributed by atoms with Crippen molar-refractivity contribution in [1.82, 2.24) is 19.8 Å². The van der Waals surface area contributed by atoms with Crippen LogP contribution in [0.3, 0.4) is 0 Å². The molecule has 4 aliphatic rings. The lowest BCUT2D eigenvalue weighted by atomic mass is 9.94. The molecule has 210 valence electrons. The number of rotatable bonds is 6. The maximum atomic E-state index is 14.1. The molecular formula is C29H30F3N5OS2. The Morgan fingerprint density at radius 1 is 1.10 bits per heavy atom. The summed E-state index contributed by atoms with van der Waals surface area (Å²) in [7, 11) is 0. The molecule has 11 heteroatoms. The Kier molecular flexibility index (Phi) is 6.59. The molecule has 6 nitrogen and oxygen atoms in total. The summed E-state index contributed by atoms with van der Waals surface area (Å²) in [6, 6.07) is 6.38. The molecule has 0 bridgehead atoms. The summed E-state index contributed by atoms with van der Waals surface area (Å²) in [6.07, 6.45) is 1.38. The van der Waals surface area contributed by atoms with Crippen LogP contribution in [-0.4, -0.2) is 57.1 Å². The van der Waals surface area contributed by atoms with Gasteiger partial charge in [-0.1, -0.05) is 13.0 Å². The minimum atomic E-state index is -4.62. The molecule has 4 heterocycles. The summed E-state index contributed by atoms with van der Waals surface area (Å²) in [4.78, 5) is 27.7. The van der Waals surface area contributed by atoms with Gasteiger partial charge in [0.1, 0.15) is 10.4 Å². The number of amides is 1. The molecule has 3 aromatic rings. The number of hydrogen-bond donors (Lipinski definition) is 1. The molecule has 1 aromatic carbocycles. The number of alkyl halides is 3. The van der Waals surface area contributed by atoms with Crippen LogP contribution in [0.1, 0.15) is 70.5 Å². The molecule has 2 saturated carbocycles. The van der Waals surface area contributed by atoms with Crippen molar-refractivity contribution in [1.29, 1.82) is 0 Å². The number of likely N-dealkylation sites (N-methyl/N-ethyl adjacent to an activating group) is 1. The standard InChI is InChI=1S/C29H30F3N5OS2/c1-2-36-8-7-17-12-22(20(16-3-4-16)11-18(17)15-36)34-28-33-14-21(29(30,31)32)25(35-28)23-13-24-26(40-23)27(38)37(9-10-39-24)19-5-6-19/h11-14,16,19H,2-10,15H2,1H3,(H,33,34,35). The highest BCUT2D eigenvalue weighted by Crippen LogP contribution is 2.47. The van der Waals surface area contributed by atoms with Crippen molar-refractivity contribution in [3.05, 3.63) is 51.5 Å². The first-order chi connectivity index (χ1) is 19.3. The van der Waals surface area contributed by atoms with E-state index in [1.54, 1.807) is 6.07 Å². The fraction of sp³-hybridized carbons (Fsp3) is 0.483. The lowest BCUT2D eigenvalue weighted by Gasteiger charge is -2.29. The smallest absolute Gasteiger partial charge is 0.334 e.